The number of unbranched alkanes of at least 4 members (excludes halogenated alkanes) is 2. The molecule has 0 aliphatic heterocycles. The van der Waals surface area contributed by atoms with Crippen molar-refractivity contribution in [3.63, 3.8) is 0 Å². The number of imidazole rings is 1. The Labute approximate surface area is 374 Å². The van der Waals surface area contributed by atoms with Crippen LogP contribution in [0.3, 0.4) is 0 Å². The van der Waals surface area contributed by atoms with Crippen LogP contribution in [0.15, 0.2) is 61.1 Å². The minimum absolute atomic E-state index is 0.0315. The Morgan fingerprint density at radius 3 is 1.69 bits per heavy atom. The van der Waals surface area contributed by atoms with Crippen molar-refractivity contribution in [2.24, 2.45) is 17.2 Å². The number of primary amides is 1. The van der Waals surface area contributed by atoms with Gasteiger partial charge in [0, 0.05) is 37.6 Å². The molecule has 0 aliphatic carbocycles. The second-order valence-electron chi connectivity index (χ2n) is 15.3. The summed E-state index contributed by atoms with van der Waals surface area (Å²) in [7, 11) is -4.93. The fourth-order valence-electron chi connectivity index (χ4n) is 6.42. The van der Waals surface area contributed by atoms with Gasteiger partial charge in [0.25, 0.3) is 0 Å². The molecule has 0 saturated heterocycles. The summed E-state index contributed by atoms with van der Waals surface area (Å²) in [5.74, 6) is -6.70. The van der Waals surface area contributed by atoms with Crippen LogP contribution < -0.4 is 48.3 Å². The van der Waals surface area contributed by atoms with Gasteiger partial charge in [0.15, 0.2) is 0 Å². The van der Waals surface area contributed by atoms with E-state index in [2.05, 4.69) is 41.1 Å². The lowest BCUT2D eigenvalue weighted by Gasteiger charge is -2.27. The quantitative estimate of drug-likeness (QED) is 0.0294. The fourth-order valence-corrected chi connectivity index (χ4v) is 6.82. The number of carboxylic acid groups (broad SMARTS) is 1. The van der Waals surface area contributed by atoms with Crippen LogP contribution >= 0.6 is 7.82 Å². The molecule has 3 rings (SSSR count). The number of phenols is 1. The van der Waals surface area contributed by atoms with E-state index in [1.54, 1.807) is 0 Å². The van der Waals surface area contributed by atoms with Crippen molar-refractivity contribution in [2.45, 2.75) is 114 Å². The normalized spacial score (nSPS) is 14.0. The van der Waals surface area contributed by atoms with Crippen molar-refractivity contribution >= 4 is 49.2 Å². The second-order valence-corrected chi connectivity index (χ2v) is 16.4. The van der Waals surface area contributed by atoms with Crippen LogP contribution in [-0.2, 0) is 57.4 Å². The number of aromatic nitrogens is 2. The number of aliphatic carboxylic acids is 1. The van der Waals surface area contributed by atoms with E-state index in [0.29, 0.717) is 42.5 Å². The van der Waals surface area contributed by atoms with E-state index >= 15 is 0 Å². The highest BCUT2D eigenvalue weighted by Crippen LogP contribution is 2.37. The fraction of sp³-hybridized carbons (Fsp3) is 0.463. The first-order chi connectivity index (χ1) is 30.8. The van der Waals surface area contributed by atoms with Crippen LogP contribution in [0.2, 0.25) is 0 Å². The van der Waals surface area contributed by atoms with Gasteiger partial charge >= 0.3 is 13.8 Å². The number of hydrogen-bond donors (Lipinski definition) is 13. The summed E-state index contributed by atoms with van der Waals surface area (Å²) >= 11 is 0. The lowest BCUT2D eigenvalue weighted by Crippen LogP contribution is -2.60. The van der Waals surface area contributed by atoms with Crippen molar-refractivity contribution < 1.29 is 62.7 Å². The number of H-pyrrole nitrogens is 1. The third-order valence-corrected chi connectivity index (χ3v) is 10.4. The standard InChI is InChI=1S/C41H59N10O13P/c1-2-3-6-32(41(59)60)49-38(56)31(16-17-35(44)53)48-37(55)30(7-4-5-18-42)47-39(57)34(20-25-10-14-28(15-11-25)64-65(61,62)63)51-40(58)33(19-24-8-12-27(52)13-9-24)50-36(54)29(43)21-26-22-45-23-46-26/h8-15,22-23,29-34,52H,2-7,16-21,42-43H2,1H3,(H2,44,53)(H,45,46)(H,47,57)(H,48,55)(H,49,56)(H,50,54)(H,51,58)(H,59,60)(H2,61,62,63)/t29-,30-,31-,32-,33-,34-/m0/s1. The first kappa shape index (κ1) is 53.0. The molecule has 23 nitrogen and oxygen atoms in total. The number of aromatic amines is 1. The maximum atomic E-state index is 14.4. The molecule has 0 radical (unpaired) electrons. The predicted molar refractivity (Wildman–Crippen MR) is 233 cm³/mol. The first-order valence-corrected chi connectivity index (χ1v) is 22.4. The molecule has 6 amide bonds. The van der Waals surface area contributed by atoms with Gasteiger partial charge in [-0.15, -0.1) is 0 Å². The smallest absolute Gasteiger partial charge is 0.508 e. The molecule has 24 heteroatoms. The van der Waals surface area contributed by atoms with Crippen LogP contribution in [0.1, 0.15) is 75.1 Å². The summed E-state index contributed by atoms with van der Waals surface area (Å²) in [4.78, 5) is 118. The first-order valence-electron chi connectivity index (χ1n) is 20.9. The molecule has 0 bridgehead atoms. The Kier molecular flexibility index (Phi) is 21.5. The van der Waals surface area contributed by atoms with Gasteiger partial charge < -0.3 is 63.5 Å². The Morgan fingerprint density at radius 2 is 1.20 bits per heavy atom. The molecular weight excluding hydrogens is 871 g/mol. The Hall–Kier alpha value is -6.39. The summed E-state index contributed by atoms with van der Waals surface area (Å²) in [6.07, 6.45) is 3.68. The molecule has 3 aromatic rings. The number of carboxylic acids is 1. The van der Waals surface area contributed by atoms with E-state index in [1.807, 2.05) is 6.92 Å². The van der Waals surface area contributed by atoms with Crippen molar-refractivity contribution in [2.75, 3.05) is 6.54 Å². The molecule has 2 aromatic carbocycles. The monoisotopic (exact) mass is 930 g/mol. The number of phosphoric ester groups is 1. The SMILES string of the molecule is CCCC[C@H](NC(=O)[C@H](CCC(N)=O)NC(=O)[C@H](CCCCN)NC(=O)[C@H](Cc1ccc(OP(=O)(O)O)cc1)NC(=O)[C@H](Cc1ccc(O)cc1)NC(=O)[C@@H](N)Cc1cnc[nH]1)C(=O)O. The third kappa shape index (κ3) is 19.5. The molecule has 0 aliphatic rings. The summed E-state index contributed by atoms with van der Waals surface area (Å²) < 4.78 is 16.1. The minimum atomic E-state index is -4.93. The van der Waals surface area contributed by atoms with Crippen molar-refractivity contribution in [3.8, 4) is 11.5 Å². The van der Waals surface area contributed by atoms with Crippen molar-refractivity contribution in [1.29, 1.82) is 0 Å². The molecule has 0 spiro atoms. The predicted octanol–water partition coefficient (Wildman–Crippen LogP) is -0.965. The van der Waals surface area contributed by atoms with Crippen LogP contribution in [0.4, 0.5) is 0 Å². The Bertz CT molecular complexity index is 2090. The molecule has 0 fully saturated rings. The molecule has 356 valence electrons. The van der Waals surface area contributed by atoms with E-state index in [0.717, 1.165) is 0 Å². The zero-order chi connectivity index (χ0) is 48.1. The van der Waals surface area contributed by atoms with E-state index in [9.17, 15) is 58.1 Å². The molecule has 0 saturated carbocycles. The van der Waals surface area contributed by atoms with Gasteiger partial charge in [-0.05, 0) is 74.0 Å². The largest absolute Gasteiger partial charge is 0.524 e. The zero-order valence-corrected chi connectivity index (χ0v) is 36.7. The number of phenolic OH excluding ortho intramolecular Hbond substituents is 1. The van der Waals surface area contributed by atoms with Crippen LogP contribution in [0, 0.1) is 0 Å². The van der Waals surface area contributed by atoms with E-state index < -0.39 is 85.5 Å². The number of phosphoric acid groups is 1. The van der Waals surface area contributed by atoms with Gasteiger partial charge in [-0.2, -0.15) is 0 Å². The average molecular weight is 931 g/mol. The Morgan fingerprint density at radius 1 is 0.708 bits per heavy atom. The van der Waals surface area contributed by atoms with Crippen molar-refractivity contribution in [3.05, 3.63) is 77.9 Å². The van der Waals surface area contributed by atoms with E-state index in [-0.39, 0.29) is 63.0 Å². The third-order valence-electron chi connectivity index (χ3n) is 9.91. The van der Waals surface area contributed by atoms with Gasteiger partial charge in [-0.25, -0.2) is 14.3 Å². The van der Waals surface area contributed by atoms with E-state index in [1.165, 1.54) is 61.1 Å². The highest BCUT2D eigenvalue weighted by molar-refractivity contribution is 7.46. The number of benzene rings is 2. The number of nitrogens with one attached hydrogen (secondary N) is 6. The summed E-state index contributed by atoms with van der Waals surface area (Å²) in [6, 6.07) is 2.81. The van der Waals surface area contributed by atoms with Crippen LogP contribution in [-0.4, -0.2) is 114 Å². The van der Waals surface area contributed by atoms with Gasteiger partial charge in [0.1, 0.15) is 41.7 Å². The second kappa shape index (κ2) is 26.4. The number of rotatable bonds is 29. The number of carbonyl (C=O) groups excluding carboxylic acids is 6. The van der Waals surface area contributed by atoms with Crippen molar-refractivity contribution in [1.82, 2.24) is 36.6 Å². The Balaban J connectivity index is 1.98. The summed E-state index contributed by atoms with van der Waals surface area (Å²) in [5.41, 5.74) is 18.6. The maximum absolute atomic E-state index is 14.4. The summed E-state index contributed by atoms with van der Waals surface area (Å²) in [6.45, 7) is 2.06. The lowest BCUT2D eigenvalue weighted by molar-refractivity contribution is -0.142. The maximum Gasteiger partial charge on any atom is 0.524 e. The summed E-state index contributed by atoms with van der Waals surface area (Å²) in [5, 5.41) is 32.4. The number of hydrogen-bond acceptors (Lipinski definition) is 13. The highest BCUT2D eigenvalue weighted by atomic mass is 31.2. The zero-order valence-electron chi connectivity index (χ0n) is 35.8. The number of nitrogens with two attached hydrogens (primary N) is 3. The van der Waals surface area contributed by atoms with Crippen LogP contribution in [0.5, 0.6) is 11.5 Å². The number of aromatic hydroxyl groups is 1. The van der Waals surface area contributed by atoms with Gasteiger partial charge in [-0.1, -0.05) is 44.0 Å². The molecule has 1 heterocycles. The van der Waals surface area contributed by atoms with Gasteiger partial charge in [0.05, 0.1) is 12.4 Å². The molecule has 1 aromatic heterocycles. The topological polar surface area (TPSA) is 394 Å². The number of amides is 6. The van der Waals surface area contributed by atoms with Gasteiger partial charge in [-0.3, -0.25) is 38.6 Å². The number of nitrogens with zero attached hydrogens (tertiary/aromatic N) is 1. The molecule has 6 atom stereocenters. The number of carbonyl (C=O) groups is 7. The molecular formula is C41H59N10O13P. The molecule has 65 heavy (non-hydrogen) atoms. The lowest BCUT2D eigenvalue weighted by atomic mass is 10.0. The van der Waals surface area contributed by atoms with Gasteiger partial charge in [0.2, 0.25) is 35.4 Å². The molecule has 0 unspecified atom stereocenters. The van der Waals surface area contributed by atoms with E-state index in [4.69, 9.17) is 17.2 Å². The van der Waals surface area contributed by atoms with Crippen LogP contribution in [0.25, 0.3) is 0 Å². The highest BCUT2D eigenvalue weighted by Gasteiger charge is 2.33. The molecule has 16 N–H and O–H groups in total. The average Bonchev–Trinajstić information content (AvgIpc) is 3.76. The minimum Gasteiger partial charge on any atom is -0.508 e.